The lowest BCUT2D eigenvalue weighted by Gasteiger charge is -2.17. The molecule has 0 aliphatic heterocycles. The van der Waals surface area contributed by atoms with Gasteiger partial charge in [0, 0.05) is 26.2 Å². The highest BCUT2D eigenvalue weighted by molar-refractivity contribution is 6.43. The smallest absolute Gasteiger partial charge is 0.253 e. The number of amides is 3. The van der Waals surface area contributed by atoms with Gasteiger partial charge in [0.05, 0.1) is 15.6 Å². The van der Waals surface area contributed by atoms with Gasteiger partial charge >= 0.3 is 0 Å². The maximum Gasteiger partial charge on any atom is 0.253 e. The van der Waals surface area contributed by atoms with Gasteiger partial charge in [0.2, 0.25) is 11.8 Å². The normalized spacial score (nSPS) is 11.5. The summed E-state index contributed by atoms with van der Waals surface area (Å²) in [6.45, 7) is 3.49. The Kier molecular flexibility index (Phi) is 7.43. The monoisotopic (exact) mass is 421 g/mol. The first-order valence-electron chi connectivity index (χ1n) is 8.55. The summed E-state index contributed by atoms with van der Waals surface area (Å²) in [4.78, 5) is 37.7. The number of anilines is 1. The van der Waals surface area contributed by atoms with Crippen LogP contribution in [0.1, 0.15) is 29.8 Å². The number of halogens is 2. The minimum atomic E-state index is -0.800. The molecule has 0 heterocycles. The van der Waals surface area contributed by atoms with Crippen molar-refractivity contribution in [3.8, 4) is 0 Å². The number of carbonyl (C=O) groups is 3. The highest BCUT2D eigenvalue weighted by atomic mass is 35.5. The average Bonchev–Trinajstić information content (AvgIpc) is 2.63. The summed E-state index contributed by atoms with van der Waals surface area (Å²) in [6, 6.07) is 11.1. The lowest BCUT2D eigenvalue weighted by Crippen LogP contribution is -2.41. The van der Waals surface area contributed by atoms with Crippen molar-refractivity contribution in [2.75, 3.05) is 12.4 Å². The highest BCUT2D eigenvalue weighted by Crippen LogP contribution is 2.25. The van der Waals surface area contributed by atoms with Crippen LogP contribution in [0.25, 0.3) is 0 Å². The van der Waals surface area contributed by atoms with Crippen LogP contribution in [0, 0.1) is 0 Å². The fraction of sp³-hybridized carbons (Fsp3) is 0.250. The van der Waals surface area contributed by atoms with E-state index in [4.69, 9.17) is 23.2 Å². The molecule has 0 radical (unpaired) electrons. The van der Waals surface area contributed by atoms with E-state index in [1.54, 1.807) is 49.2 Å². The molecular formula is C20H21Cl2N3O3. The van der Waals surface area contributed by atoms with E-state index in [-0.39, 0.29) is 27.4 Å². The van der Waals surface area contributed by atoms with Crippen molar-refractivity contribution in [1.29, 1.82) is 0 Å². The fourth-order valence-electron chi connectivity index (χ4n) is 2.40. The van der Waals surface area contributed by atoms with Gasteiger partial charge in [-0.15, -0.1) is 0 Å². The maximum absolute atomic E-state index is 12.4. The summed E-state index contributed by atoms with van der Waals surface area (Å²) in [5, 5.41) is 5.75. The van der Waals surface area contributed by atoms with E-state index in [2.05, 4.69) is 10.6 Å². The molecule has 6 nitrogen and oxygen atoms in total. The molecule has 0 saturated heterocycles. The van der Waals surface area contributed by atoms with Crippen molar-refractivity contribution in [1.82, 2.24) is 10.2 Å². The lowest BCUT2D eigenvalue weighted by molar-refractivity contribution is -0.128. The fourth-order valence-corrected chi connectivity index (χ4v) is 2.79. The first kappa shape index (κ1) is 21.7. The van der Waals surface area contributed by atoms with E-state index in [0.717, 1.165) is 5.56 Å². The van der Waals surface area contributed by atoms with E-state index < -0.39 is 11.9 Å². The maximum atomic E-state index is 12.4. The molecule has 1 unspecified atom stereocenters. The number of hydrogen-bond acceptors (Lipinski definition) is 3. The van der Waals surface area contributed by atoms with Crippen molar-refractivity contribution >= 4 is 46.6 Å². The standard InChI is InChI=1S/C20H21Cl2N3O3/c1-12(23-20(28)16-8-5-9-17(21)18(16)22)19(27)24-15-7-4-6-14(10-15)11-25(3)13(2)26/h4-10,12H,11H2,1-3H3,(H,23,28)(H,24,27). The SMILES string of the molecule is CC(=O)N(C)Cc1cccc(NC(=O)C(C)NC(=O)c2cccc(Cl)c2Cl)c1. The molecule has 2 aromatic rings. The average molecular weight is 422 g/mol. The second-order valence-electron chi connectivity index (χ2n) is 6.36. The molecule has 1 atom stereocenters. The Labute approximate surface area is 173 Å². The first-order valence-corrected chi connectivity index (χ1v) is 9.31. The molecule has 0 aliphatic rings. The van der Waals surface area contributed by atoms with E-state index >= 15 is 0 Å². The topological polar surface area (TPSA) is 78.5 Å². The summed E-state index contributed by atoms with van der Waals surface area (Å²) in [5.74, 6) is -0.930. The molecule has 2 rings (SSSR count). The van der Waals surface area contributed by atoms with Crippen molar-refractivity contribution in [3.63, 3.8) is 0 Å². The van der Waals surface area contributed by atoms with E-state index in [9.17, 15) is 14.4 Å². The number of hydrogen-bond donors (Lipinski definition) is 2. The predicted octanol–water partition coefficient (Wildman–Crippen LogP) is 3.73. The summed E-state index contributed by atoms with van der Waals surface area (Å²) < 4.78 is 0. The van der Waals surface area contributed by atoms with Gasteiger partial charge in [-0.05, 0) is 36.8 Å². The Bertz CT molecular complexity index is 902. The molecule has 2 N–H and O–H groups in total. The van der Waals surface area contributed by atoms with Crippen LogP contribution in [0.5, 0.6) is 0 Å². The molecular weight excluding hydrogens is 401 g/mol. The second-order valence-corrected chi connectivity index (χ2v) is 7.15. The molecule has 0 fully saturated rings. The predicted molar refractivity (Wildman–Crippen MR) is 111 cm³/mol. The number of nitrogens with one attached hydrogen (secondary N) is 2. The number of benzene rings is 2. The molecule has 0 bridgehead atoms. The number of nitrogens with zero attached hydrogens (tertiary/aromatic N) is 1. The molecule has 0 saturated carbocycles. The van der Waals surface area contributed by atoms with Crippen LogP contribution in [-0.2, 0) is 16.1 Å². The highest BCUT2D eigenvalue weighted by Gasteiger charge is 2.19. The van der Waals surface area contributed by atoms with Gasteiger partial charge in [0.25, 0.3) is 5.91 Å². The number of carbonyl (C=O) groups excluding carboxylic acids is 3. The summed E-state index contributed by atoms with van der Waals surface area (Å²) >= 11 is 12.0. The van der Waals surface area contributed by atoms with Crippen molar-refractivity contribution in [2.24, 2.45) is 0 Å². The lowest BCUT2D eigenvalue weighted by atomic mass is 10.1. The van der Waals surface area contributed by atoms with Gasteiger partial charge in [-0.2, -0.15) is 0 Å². The van der Waals surface area contributed by atoms with Crippen LogP contribution < -0.4 is 10.6 Å². The Morgan fingerprint density at radius 2 is 1.79 bits per heavy atom. The summed E-state index contributed by atoms with van der Waals surface area (Å²) in [5.41, 5.74) is 1.64. The van der Waals surface area contributed by atoms with Gasteiger partial charge < -0.3 is 15.5 Å². The molecule has 28 heavy (non-hydrogen) atoms. The number of rotatable bonds is 6. The molecule has 0 aromatic heterocycles. The van der Waals surface area contributed by atoms with Crippen molar-refractivity contribution in [3.05, 3.63) is 63.6 Å². The van der Waals surface area contributed by atoms with Crippen molar-refractivity contribution < 1.29 is 14.4 Å². The largest absolute Gasteiger partial charge is 0.342 e. The molecule has 0 spiro atoms. The van der Waals surface area contributed by atoms with Gasteiger partial charge in [-0.1, -0.05) is 41.4 Å². The molecule has 148 valence electrons. The third-order valence-corrected chi connectivity index (χ3v) is 4.91. The molecule has 2 aromatic carbocycles. The Balaban J connectivity index is 2.01. The van der Waals surface area contributed by atoms with Gasteiger partial charge in [0.1, 0.15) is 6.04 Å². The third-order valence-electron chi connectivity index (χ3n) is 4.09. The van der Waals surface area contributed by atoms with Crippen LogP contribution in [-0.4, -0.2) is 35.7 Å². The summed E-state index contributed by atoms with van der Waals surface area (Å²) in [7, 11) is 1.70. The van der Waals surface area contributed by atoms with Crippen LogP contribution in [0.4, 0.5) is 5.69 Å². The molecule has 8 heteroatoms. The summed E-state index contributed by atoms with van der Waals surface area (Å²) in [6.07, 6.45) is 0. The molecule has 3 amide bonds. The Morgan fingerprint density at radius 1 is 1.11 bits per heavy atom. The Morgan fingerprint density at radius 3 is 2.46 bits per heavy atom. The van der Waals surface area contributed by atoms with Crippen LogP contribution in [0.2, 0.25) is 10.0 Å². The van der Waals surface area contributed by atoms with E-state index in [1.165, 1.54) is 13.0 Å². The Hall–Kier alpha value is -2.57. The van der Waals surface area contributed by atoms with E-state index in [1.807, 2.05) is 6.07 Å². The van der Waals surface area contributed by atoms with Gasteiger partial charge in [-0.25, -0.2) is 0 Å². The second kappa shape index (κ2) is 9.57. The van der Waals surface area contributed by atoms with Gasteiger partial charge in [0.15, 0.2) is 0 Å². The minimum Gasteiger partial charge on any atom is -0.342 e. The quantitative estimate of drug-likeness (QED) is 0.745. The molecule has 0 aliphatic carbocycles. The van der Waals surface area contributed by atoms with Gasteiger partial charge in [-0.3, -0.25) is 14.4 Å². The minimum absolute atomic E-state index is 0.0505. The zero-order chi connectivity index (χ0) is 20.8. The van der Waals surface area contributed by atoms with Crippen molar-refractivity contribution in [2.45, 2.75) is 26.4 Å². The first-order chi connectivity index (χ1) is 13.2. The van der Waals surface area contributed by atoms with Crippen LogP contribution in [0.3, 0.4) is 0 Å². The zero-order valence-corrected chi connectivity index (χ0v) is 17.3. The third kappa shape index (κ3) is 5.71. The van der Waals surface area contributed by atoms with Crippen LogP contribution >= 0.6 is 23.2 Å². The zero-order valence-electron chi connectivity index (χ0n) is 15.8. The van der Waals surface area contributed by atoms with Crippen LogP contribution in [0.15, 0.2) is 42.5 Å². The van der Waals surface area contributed by atoms with E-state index in [0.29, 0.717) is 12.2 Å².